The Morgan fingerprint density at radius 3 is 2.64 bits per heavy atom. The van der Waals surface area contributed by atoms with E-state index in [1.54, 1.807) is 18.2 Å². The van der Waals surface area contributed by atoms with Crippen molar-refractivity contribution in [3.8, 4) is 0 Å². The molecule has 0 aliphatic carbocycles. The van der Waals surface area contributed by atoms with Crippen LogP contribution >= 0.6 is 23.4 Å². The van der Waals surface area contributed by atoms with Crippen molar-refractivity contribution in [3.63, 3.8) is 0 Å². The monoisotopic (exact) mass is 517 g/mol. The average molecular weight is 518 g/mol. The Hall–Kier alpha value is -3.88. The number of anilines is 1. The molecule has 0 saturated carbocycles. The van der Waals surface area contributed by atoms with E-state index in [0.717, 1.165) is 22.0 Å². The molecule has 1 aromatic heterocycles. The Morgan fingerprint density at radius 2 is 1.81 bits per heavy atom. The van der Waals surface area contributed by atoms with E-state index in [2.05, 4.69) is 27.4 Å². The highest BCUT2D eigenvalue weighted by Gasteiger charge is 2.14. The molecule has 0 unspecified atom stereocenters. The zero-order valence-electron chi connectivity index (χ0n) is 19.4. The summed E-state index contributed by atoms with van der Waals surface area (Å²) in [4.78, 5) is 24.9. The molecule has 0 atom stereocenters. The van der Waals surface area contributed by atoms with Gasteiger partial charge in [-0.25, -0.2) is 0 Å². The lowest BCUT2D eigenvalue weighted by Crippen LogP contribution is -2.23. The van der Waals surface area contributed by atoms with Crippen LogP contribution in [0.1, 0.15) is 11.4 Å². The minimum Gasteiger partial charge on any atom is -0.345 e. The van der Waals surface area contributed by atoms with Gasteiger partial charge in [0.2, 0.25) is 11.8 Å². The minimum absolute atomic E-state index is 0.149. The molecule has 3 aromatic carbocycles. The Morgan fingerprint density at radius 1 is 1.03 bits per heavy atom. The van der Waals surface area contributed by atoms with Crippen molar-refractivity contribution >= 4 is 57.7 Å². The average Bonchev–Trinajstić information content (AvgIpc) is 3.27. The van der Waals surface area contributed by atoms with Crippen molar-refractivity contribution in [2.45, 2.75) is 18.2 Å². The van der Waals surface area contributed by atoms with Crippen LogP contribution in [0.25, 0.3) is 16.8 Å². The topological polar surface area (TPSA) is 88.9 Å². The molecule has 1 heterocycles. The summed E-state index contributed by atoms with van der Waals surface area (Å²) in [6.07, 6.45) is 4.79. The smallest absolute Gasteiger partial charge is 0.244 e. The molecule has 0 spiro atoms. The zero-order valence-corrected chi connectivity index (χ0v) is 20.9. The fourth-order valence-electron chi connectivity index (χ4n) is 3.52. The predicted octanol–water partition coefficient (Wildman–Crippen LogP) is 5.33. The number of hydrogen-bond donors (Lipinski definition) is 2. The van der Waals surface area contributed by atoms with E-state index in [0.29, 0.717) is 22.5 Å². The van der Waals surface area contributed by atoms with Gasteiger partial charge in [0.15, 0.2) is 11.0 Å². The molecule has 182 valence electrons. The molecule has 0 saturated heterocycles. The number of rotatable bonds is 10. The van der Waals surface area contributed by atoms with E-state index in [9.17, 15) is 9.59 Å². The first kappa shape index (κ1) is 25.2. The van der Waals surface area contributed by atoms with Gasteiger partial charge in [-0.05, 0) is 29.2 Å². The van der Waals surface area contributed by atoms with Crippen LogP contribution in [0.15, 0.2) is 90.6 Å². The SMILES string of the molecule is C=CCn1c(CNC(=O)/C=C/c2ccccc2Cl)nnc1SCC(=O)Nc1cccc2ccccc12. The van der Waals surface area contributed by atoms with Crippen LogP contribution < -0.4 is 10.6 Å². The van der Waals surface area contributed by atoms with Crippen molar-refractivity contribution in [2.75, 3.05) is 11.1 Å². The molecule has 7 nitrogen and oxygen atoms in total. The number of halogens is 1. The summed E-state index contributed by atoms with van der Waals surface area (Å²) in [6, 6.07) is 21.0. The number of amides is 2. The first-order valence-electron chi connectivity index (χ1n) is 11.2. The summed E-state index contributed by atoms with van der Waals surface area (Å²) in [5.74, 6) is 0.285. The van der Waals surface area contributed by atoms with E-state index in [-0.39, 0.29) is 24.1 Å². The first-order chi connectivity index (χ1) is 17.5. The number of thioether (sulfide) groups is 1. The van der Waals surface area contributed by atoms with Gasteiger partial charge >= 0.3 is 0 Å². The number of allylic oxidation sites excluding steroid dienone is 1. The summed E-state index contributed by atoms with van der Waals surface area (Å²) in [5, 5.41) is 17.4. The van der Waals surface area contributed by atoms with E-state index in [4.69, 9.17) is 11.6 Å². The zero-order chi connectivity index (χ0) is 25.3. The molecule has 0 bridgehead atoms. The summed E-state index contributed by atoms with van der Waals surface area (Å²) in [7, 11) is 0. The summed E-state index contributed by atoms with van der Waals surface area (Å²) < 4.78 is 1.82. The molecule has 9 heteroatoms. The van der Waals surface area contributed by atoms with Crippen LogP contribution in [0.4, 0.5) is 5.69 Å². The number of nitrogens with zero attached hydrogens (tertiary/aromatic N) is 3. The normalized spacial score (nSPS) is 11.0. The van der Waals surface area contributed by atoms with Crippen molar-refractivity contribution in [1.29, 1.82) is 0 Å². The maximum absolute atomic E-state index is 12.6. The van der Waals surface area contributed by atoms with Crippen LogP contribution in [0.5, 0.6) is 0 Å². The lowest BCUT2D eigenvalue weighted by Gasteiger charge is -2.10. The molecule has 36 heavy (non-hydrogen) atoms. The van der Waals surface area contributed by atoms with Gasteiger partial charge in [-0.1, -0.05) is 84.0 Å². The minimum atomic E-state index is -0.285. The van der Waals surface area contributed by atoms with E-state index >= 15 is 0 Å². The standard InChI is InChI=1S/C27H24ClN5O2S/c1-2-16-33-24(17-29-25(34)15-14-20-9-4-6-12-22(20)28)31-32-27(33)36-18-26(35)30-23-13-7-10-19-8-3-5-11-21(19)23/h2-15H,1,16-18H2,(H,29,34)(H,30,35)/b15-14+. The lowest BCUT2D eigenvalue weighted by molar-refractivity contribution is -0.116. The van der Waals surface area contributed by atoms with Crippen LogP contribution in [-0.4, -0.2) is 32.3 Å². The number of carbonyl (C=O) groups is 2. The van der Waals surface area contributed by atoms with Crippen molar-refractivity contribution in [2.24, 2.45) is 0 Å². The van der Waals surface area contributed by atoms with Gasteiger partial charge in [0.1, 0.15) is 0 Å². The lowest BCUT2D eigenvalue weighted by atomic mass is 10.1. The number of hydrogen-bond acceptors (Lipinski definition) is 5. The Labute approximate surface area is 218 Å². The van der Waals surface area contributed by atoms with Crippen LogP contribution in [0.3, 0.4) is 0 Å². The summed E-state index contributed by atoms with van der Waals surface area (Å²) in [6.45, 7) is 4.41. The van der Waals surface area contributed by atoms with Crippen LogP contribution in [0.2, 0.25) is 5.02 Å². The fraction of sp³-hybridized carbons (Fsp3) is 0.111. The number of nitrogens with one attached hydrogen (secondary N) is 2. The van der Waals surface area contributed by atoms with E-state index in [1.165, 1.54) is 17.8 Å². The third-order valence-corrected chi connectivity index (χ3v) is 6.55. The highest BCUT2D eigenvalue weighted by Crippen LogP contribution is 2.24. The third kappa shape index (κ3) is 6.41. The molecule has 0 radical (unpaired) electrons. The van der Waals surface area contributed by atoms with Gasteiger partial charge < -0.3 is 15.2 Å². The van der Waals surface area contributed by atoms with Gasteiger partial charge in [-0.2, -0.15) is 0 Å². The summed E-state index contributed by atoms with van der Waals surface area (Å²) in [5.41, 5.74) is 1.52. The molecule has 0 aliphatic rings. The quantitative estimate of drug-likeness (QED) is 0.168. The van der Waals surface area contributed by atoms with Crippen molar-refractivity contribution in [1.82, 2.24) is 20.1 Å². The molecule has 4 aromatic rings. The Kier molecular flexibility index (Phi) is 8.54. The summed E-state index contributed by atoms with van der Waals surface area (Å²) >= 11 is 7.39. The highest BCUT2D eigenvalue weighted by molar-refractivity contribution is 7.99. The molecule has 2 amide bonds. The number of carbonyl (C=O) groups excluding carboxylic acids is 2. The molecule has 0 aliphatic heterocycles. The Bertz CT molecular complexity index is 1430. The van der Waals surface area contributed by atoms with Gasteiger partial charge in [0, 0.05) is 28.7 Å². The third-order valence-electron chi connectivity index (χ3n) is 5.24. The van der Waals surface area contributed by atoms with Crippen LogP contribution in [0, 0.1) is 0 Å². The molecular weight excluding hydrogens is 494 g/mol. The first-order valence-corrected chi connectivity index (χ1v) is 12.6. The maximum atomic E-state index is 12.6. The Balaban J connectivity index is 1.36. The fourth-order valence-corrected chi connectivity index (χ4v) is 4.49. The maximum Gasteiger partial charge on any atom is 0.244 e. The molecule has 2 N–H and O–H groups in total. The van der Waals surface area contributed by atoms with Gasteiger partial charge in [0.25, 0.3) is 0 Å². The molecule has 4 rings (SSSR count). The van der Waals surface area contributed by atoms with Gasteiger partial charge in [-0.15, -0.1) is 16.8 Å². The largest absolute Gasteiger partial charge is 0.345 e. The molecule has 0 fully saturated rings. The predicted molar refractivity (Wildman–Crippen MR) is 146 cm³/mol. The number of fused-ring (bicyclic) bond motifs is 1. The van der Waals surface area contributed by atoms with E-state index < -0.39 is 0 Å². The van der Waals surface area contributed by atoms with Crippen molar-refractivity contribution < 1.29 is 9.59 Å². The second-order valence-corrected chi connectivity index (χ2v) is 9.08. The van der Waals surface area contributed by atoms with Crippen molar-refractivity contribution in [3.05, 3.63) is 102 Å². The van der Waals surface area contributed by atoms with Crippen LogP contribution in [-0.2, 0) is 22.7 Å². The van der Waals surface area contributed by atoms with Gasteiger partial charge in [-0.3, -0.25) is 9.59 Å². The highest BCUT2D eigenvalue weighted by atomic mass is 35.5. The second kappa shape index (κ2) is 12.2. The van der Waals surface area contributed by atoms with E-state index in [1.807, 2.05) is 65.2 Å². The second-order valence-electron chi connectivity index (χ2n) is 7.73. The number of benzene rings is 3. The van der Waals surface area contributed by atoms with Gasteiger partial charge in [0.05, 0.1) is 12.3 Å². The number of aromatic nitrogens is 3. The molecular formula is C27H24ClN5O2S.